The summed E-state index contributed by atoms with van der Waals surface area (Å²) < 4.78 is 5.31. The molecule has 0 spiro atoms. The summed E-state index contributed by atoms with van der Waals surface area (Å²) in [5.74, 6) is 0. The van der Waals surface area contributed by atoms with Crippen molar-refractivity contribution in [1.29, 1.82) is 0 Å². The Labute approximate surface area is 132 Å². The van der Waals surface area contributed by atoms with Gasteiger partial charge in [-0.1, -0.05) is 43.2 Å². The van der Waals surface area contributed by atoms with Crippen LogP contribution in [0.3, 0.4) is 0 Å². The summed E-state index contributed by atoms with van der Waals surface area (Å²) in [7, 11) is 1.70. The molecule has 1 saturated carbocycles. The van der Waals surface area contributed by atoms with Crippen molar-refractivity contribution in [2.24, 2.45) is 5.41 Å². The summed E-state index contributed by atoms with van der Waals surface area (Å²) in [5.41, 5.74) is 0.874. The van der Waals surface area contributed by atoms with Crippen LogP contribution < -0.4 is 10.6 Å². The van der Waals surface area contributed by atoms with Gasteiger partial charge >= 0.3 is 6.03 Å². The van der Waals surface area contributed by atoms with Crippen LogP contribution in [0.4, 0.5) is 4.79 Å². The highest BCUT2D eigenvalue weighted by Gasteiger charge is 2.34. The smallest absolute Gasteiger partial charge is 0.314 e. The molecule has 3 N–H and O–H groups in total. The molecule has 2 amide bonds. The molecule has 0 bridgehead atoms. The van der Waals surface area contributed by atoms with Crippen molar-refractivity contribution in [3.05, 3.63) is 35.9 Å². The van der Waals surface area contributed by atoms with E-state index < -0.39 is 6.10 Å². The average Bonchev–Trinajstić information content (AvgIpc) is 3.01. The van der Waals surface area contributed by atoms with Gasteiger partial charge in [0.25, 0.3) is 0 Å². The Morgan fingerprint density at radius 3 is 2.59 bits per heavy atom. The number of carbonyl (C=O) groups is 1. The van der Waals surface area contributed by atoms with E-state index in [1.165, 1.54) is 12.8 Å². The van der Waals surface area contributed by atoms with E-state index >= 15 is 0 Å². The maximum atomic E-state index is 11.9. The third kappa shape index (κ3) is 4.71. The first-order valence-corrected chi connectivity index (χ1v) is 7.89. The van der Waals surface area contributed by atoms with E-state index in [2.05, 4.69) is 10.6 Å². The minimum Gasteiger partial charge on any atom is -0.387 e. The first-order chi connectivity index (χ1) is 10.7. The number of amides is 2. The summed E-state index contributed by atoms with van der Waals surface area (Å²) in [6.07, 6.45) is 3.88. The lowest BCUT2D eigenvalue weighted by atomic mass is 9.87. The first-order valence-electron chi connectivity index (χ1n) is 7.89. The van der Waals surface area contributed by atoms with Crippen LogP contribution in [-0.2, 0) is 4.74 Å². The predicted octanol–water partition coefficient (Wildman–Crippen LogP) is 2.23. The molecule has 1 aliphatic rings. The molecule has 5 nitrogen and oxygen atoms in total. The summed E-state index contributed by atoms with van der Waals surface area (Å²) in [6, 6.07) is 9.08. The number of hydrogen-bond donors (Lipinski definition) is 3. The van der Waals surface area contributed by atoms with Gasteiger partial charge in [-0.15, -0.1) is 0 Å². The highest BCUT2D eigenvalue weighted by atomic mass is 16.5. The number of rotatable bonds is 7. The molecule has 2 rings (SSSR count). The number of hydrogen-bond acceptors (Lipinski definition) is 3. The molecule has 1 aromatic rings. The highest BCUT2D eigenvalue weighted by Crippen LogP contribution is 2.37. The van der Waals surface area contributed by atoms with Crippen LogP contribution in [-0.4, -0.2) is 37.9 Å². The zero-order valence-electron chi connectivity index (χ0n) is 13.2. The molecule has 1 aliphatic carbocycles. The molecule has 0 aliphatic heterocycles. The molecule has 0 saturated heterocycles. The SMILES string of the molecule is COCC1(CNC(=O)NC[C@H](O)c2ccccc2)CCCC1. The molecule has 1 aromatic carbocycles. The van der Waals surface area contributed by atoms with Crippen LogP contribution in [0.25, 0.3) is 0 Å². The molecule has 5 heteroatoms. The minimum atomic E-state index is -0.689. The van der Waals surface area contributed by atoms with Crippen LogP contribution >= 0.6 is 0 Å². The van der Waals surface area contributed by atoms with E-state index in [4.69, 9.17) is 4.74 Å². The maximum Gasteiger partial charge on any atom is 0.314 e. The van der Waals surface area contributed by atoms with Gasteiger partial charge < -0.3 is 20.5 Å². The molecule has 0 unspecified atom stereocenters. The van der Waals surface area contributed by atoms with Gasteiger partial charge in [0.15, 0.2) is 0 Å². The second-order valence-electron chi connectivity index (χ2n) is 6.13. The lowest BCUT2D eigenvalue weighted by Crippen LogP contribution is -2.44. The van der Waals surface area contributed by atoms with Crippen LogP contribution in [0.5, 0.6) is 0 Å². The lowest BCUT2D eigenvalue weighted by Gasteiger charge is -2.28. The van der Waals surface area contributed by atoms with E-state index in [0.29, 0.717) is 13.2 Å². The van der Waals surface area contributed by atoms with E-state index in [-0.39, 0.29) is 18.0 Å². The Balaban J connectivity index is 1.73. The topological polar surface area (TPSA) is 70.6 Å². The van der Waals surface area contributed by atoms with Gasteiger partial charge in [0.2, 0.25) is 0 Å². The molecule has 122 valence electrons. The average molecular weight is 306 g/mol. The van der Waals surface area contributed by atoms with Crippen LogP contribution in [0.15, 0.2) is 30.3 Å². The third-order valence-electron chi connectivity index (χ3n) is 4.38. The van der Waals surface area contributed by atoms with Gasteiger partial charge in [0.05, 0.1) is 12.7 Å². The summed E-state index contributed by atoms with van der Waals surface area (Å²) in [4.78, 5) is 11.9. The normalized spacial score (nSPS) is 17.9. The van der Waals surface area contributed by atoms with Crippen molar-refractivity contribution >= 4 is 6.03 Å². The van der Waals surface area contributed by atoms with Crippen molar-refractivity contribution in [2.45, 2.75) is 31.8 Å². The Hall–Kier alpha value is -1.59. The molecule has 0 aromatic heterocycles. The second kappa shape index (κ2) is 8.15. The number of carbonyl (C=O) groups excluding carboxylic acids is 1. The lowest BCUT2D eigenvalue weighted by molar-refractivity contribution is 0.0840. The number of nitrogens with one attached hydrogen (secondary N) is 2. The maximum absolute atomic E-state index is 11.9. The summed E-state index contributed by atoms with van der Waals surface area (Å²) in [6.45, 7) is 1.50. The van der Waals surface area contributed by atoms with Crippen molar-refractivity contribution in [2.75, 3.05) is 26.8 Å². The van der Waals surface area contributed by atoms with Gasteiger partial charge in [-0.05, 0) is 18.4 Å². The molecular formula is C17H26N2O3. The highest BCUT2D eigenvalue weighted by molar-refractivity contribution is 5.73. The fourth-order valence-corrected chi connectivity index (χ4v) is 3.12. The Morgan fingerprint density at radius 1 is 1.27 bits per heavy atom. The zero-order valence-corrected chi connectivity index (χ0v) is 13.2. The van der Waals surface area contributed by atoms with Gasteiger partial charge in [0.1, 0.15) is 0 Å². The molecule has 0 radical (unpaired) electrons. The number of benzene rings is 1. The van der Waals surface area contributed by atoms with Crippen molar-refractivity contribution in [3.63, 3.8) is 0 Å². The van der Waals surface area contributed by atoms with Crippen molar-refractivity contribution < 1.29 is 14.6 Å². The number of ether oxygens (including phenoxy) is 1. The molecule has 22 heavy (non-hydrogen) atoms. The summed E-state index contributed by atoms with van der Waals surface area (Å²) >= 11 is 0. The van der Waals surface area contributed by atoms with Crippen LogP contribution in [0.1, 0.15) is 37.4 Å². The number of methoxy groups -OCH3 is 1. The number of urea groups is 1. The molecular weight excluding hydrogens is 280 g/mol. The minimum absolute atomic E-state index is 0.0735. The van der Waals surface area contributed by atoms with E-state index in [1.54, 1.807) is 7.11 Å². The van der Waals surface area contributed by atoms with Crippen LogP contribution in [0, 0.1) is 5.41 Å². The van der Waals surface area contributed by atoms with Crippen molar-refractivity contribution in [1.82, 2.24) is 10.6 Å². The Kier molecular flexibility index (Phi) is 6.21. The van der Waals surface area contributed by atoms with Gasteiger partial charge in [-0.25, -0.2) is 4.79 Å². The van der Waals surface area contributed by atoms with E-state index in [9.17, 15) is 9.90 Å². The predicted molar refractivity (Wildman–Crippen MR) is 85.6 cm³/mol. The van der Waals surface area contributed by atoms with Gasteiger partial charge in [-0.2, -0.15) is 0 Å². The number of aliphatic hydroxyl groups is 1. The largest absolute Gasteiger partial charge is 0.387 e. The zero-order chi connectivity index (χ0) is 15.8. The third-order valence-corrected chi connectivity index (χ3v) is 4.38. The van der Waals surface area contributed by atoms with E-state index in [1.807, 2.05) is 30.3 Å². The first kappa shape index (κ1) is 16.8. The standard InChI is InChI=1S/C17H26N2O3/c1-22-13-17(9-5-6-10-17)12-19-16(21)18-11-15(20)14-7-3-2-4-8-14/h2-4,7-8,15,20H,5-6,9-13H2,1H3,(H2,18,19,21)/t15-/m0/s1. The molecule has 0 heterocycles. The van der Waals surface area contributed by atoms with Gasteiger partial charge in [-0.3, -0.25) is 0 Å². The number of aliphatic hydroxyl groups excluding tert-OH is 1. The summed E-state index contributed by atoms with van der Waals surface area (Å²) in [5, 5.41) is 15.7. The second-order valence-corrected chi connectivity index (χ2v) is 6.13. The Morgan fingerprint density at radius 2 is 1.95 bits per heavy atom. The fourth-order valence-electron chi connectivity index (χ4n) is 3.12. The Bertz CT molecular complexity index is 458. The monoisotopic (exact) mass is 306 g/mol. The van der Waals surface area contributed by atoms with Gasteiger partial charge in [0, 0.05) is 25.6 Å². The molecule has 1 fully saturated rings. The fraction of sp³-hybridized carbons (Fsp3) is 0.588. The van der Waals surface area contributed by atoms with Crippen LogP contribution in [0.2, 0.25) is 0 Å². The quantitative estimate of drug-likeness (QED) is 0.723. The molecule has 1 atom stereocenters. The van der Waals surface area contributed by atoms with E-state index in [0.717, 1.165) is 18.4 Å². The van der Waals surface area contributed by atoms with Crippen molar-refractivity contribution in [3.8, 4) is 0 Å².